The lowest BCUT2D eigenvalue weighted by Crippen LogP contribution is -2.30. The van der Waals surface area contributed by atoms with E-state index in [1.807, 2.05) is 7.05 Å². The van der Waals surface area contributed by atoms with E-state index in [1.165, 1.54) is 6.07 Å². The number of rotatable bonds is 3. The highest BCUT2D eigenvalue weighted by molar-refractivity contribution is 7.92. The van der Waals surface area contributed by atoms with E-state index < -0.39 is 39.9 Å². The van der Waals surface area contributed by atoms with Crippen molar-refractivity contribution in [3.63, 3.8) is 0 Å². The maximum atomic E-state index is 15.0. The van der Waals surface area contributed by atoms with Gasteiger partial charge in [0, 0.05) is 0 Å². The molecule has 1 fully saturated rings. The fraction of sp³-hybridized carbons (Fsp3) is 0.533. The van der Waals surface area contributed by atoms with Gasteiger partial charge in [0.05, 0.1) is 0 Å². The van der Waals surface area contributed by atoms with Crippen molar-refractivity contribution in [2.24, 2.45) is 5.92 Å². The Hall–Kier alpha value is -1.87. The van der Waals surface area contributed by atoms with E-state index in [0.717, 1.165) is 19.4 Å². The van der Waals surface area contributed by atoms with Crippen LogP contribution in [0, 0.1) is 11.7 Å². The fourth-order valence-electron chi connectivity index (χ4n) is 3.44. The summed E-state index contributed by atoms with van der Waals surface area (Å²) < 4.78 is 41.3. The zero-order valence-electron chi connectivity index (χ0n) is 13.3. The molecule has 1 atom stereocenters. The third kappa shape index (κ3) is 2.93. The molecule has 0 spiro atoms. The van der Waals surface area contributed by atoms with Crippen LogP contribution in [-0.4, -0.2) is 39.6 Å². The van der Waals surface area contributed by atoms with E-state index in [9.17, 15) is 18.3 Å². The van der Waals surface area contributed by atoms with Crippen LogP contribution < -0.4 is 14.3 Å². The van der Waals surface area contributed by atoms with Gasteiger partial charge >= 0.3 is 10.2 Å². The number of anilines is 1. The predicted octanol–water partition coefficient (Wildman–Crippen LogP) is 0.427. The molecule has 1 amide bonds. The maximum absolute atomic E-state index is 15.0. The Kier molecular flexibility index (Phi) is 4.39. The van der Waals surface area contributed by atoms with E-state index >= 15 is 4.39 Å². The highest BCUT2D eigenvalue weighted by Gasteiger charge is 2.38. The quantitative estimate of drug-likeness (QED) is 0.682. The number of benzene rings is 1. The fourth-order valence-corrected chi connectivity index (χ4v) is 4.60. The number of hydrogen-bond donors (Lipinski definition) is 3. The molecule has 0 bridgehead atoms. The van der Waals surface area contributed by atoms with Gasteiger partial charge in [0.2, 0.25) is 0 Å². The smallest absolute Gasteiger partial charge is 0.326 e. The molecule has 2 aliphatic rings. The molecule has 0 unspecified atom stereocenters. The Labute approximate surface area is 140 Å². The highest BCUT2D eigenvalue weighted by atomic mass is 32.2. The zero-order chi connectivity index (χ0) is 17.5. The first-order valence-corrected chi connectivity index (χ1v) is 9.28. The summed E-state index contributed by atoms with van der Waals surface area (Å²) in [5, 5.41) is 13.3. The molecule has 3 rings (SSSR count). The van der Waals surface area contributed by atoms with Gasteiger partial charge in [0.1, 0.15) is 18.0 Å². The first-order chi connectivity index (χ1) is 11.3. The molecule has 7 nitrogen and oxygen atoms in total. The average Bonchev–Trinajstić information content (AvgIpc) is 2.66. The van der Waals surface area contributed by atoms with Gasteiger partial charge in [-0.3, -0.25) is 4.79 Å². The molecule has 132 valence electrons. The van der Waals surface area contributed by atoms with E-state index in [2.05, 4.69) is 5.32 Å². The summed E-state index contributed by atoms with van der Waals surface area (Å²) in [5.41, 5.74) is 0.679. The Morgan fingerprint density at radius 3 is 2.75 bits per heavy atom. The zero-order valence-corrected chi connectivity index (χ0v) is 14.1. The number of fused-ring (bicyclic) bond motifs is 1. The van der Waals surface area contributed by atoms with Gasteiger partial charge in [0.25, 0.3) is 5.91 Å². The number of nitrogens with one attached hydrogen (secondary N) is 2. The average molecular weight is 357 g/mol. The minimum atomic E-state index is -4.17. The van der Waals surface area contributed by atoms with Gasteiger partial charge < -0.3 is 10.4 Å². The van der Waals surface area contributed by atoms with Gasteiger partial charge in [-0.05, 0) is 62.4 Å². The van der Waals surface area contributed by atoms with Crippen LogP contribution in [0.25, 0.3) is 0 Å². The van der Waals surface area contributed by atoms with E-state index in [-0.39, 0.29) is 0 Å². The molecular weight excluding hydrogens is 337 g/mol. The number of nitrogens with zero attached hydrogens (tertiary/aromatic N) is 1. The number of halogens is 1. The number of amides is 1. The molecule has 1 saturated heterocycles. The Balaban J connectivity index is 2.02. The Bertz CT molecular complexity index is 781. The molecule has 0 saturated carbocycles. The second-order valence-electron chi connectivity index (χ2n) is 6.23. The first kappa shape index (κ1) is 17.0. The lowest BCUT2D eigenvalue weighted by molar-refractivity contribution is -0.117. The van der Waals surface area contributed by atoms with Crippen molar-refractivity contribution in [1.82, 2.24) is 10.0 Å². The van der Waals surface area contributed by atoms with Crippen LogP contribution in [0.2, 0.25) is 0 Å². The summed E-state index contributed by atoms with van der Waals surface area (Å²) in [6.07, 6.45) is 2.74. The van der Waals surface area contributed by atoms with Crippen LogP contribution in [0.5, 0.6) is 5.75 Å². The monoisotopic (exact) mass is 357 g/mol. The molecule has 1 aliphatic heterocycles. The topological polar surface area (TPSA) is 98.7 Å². The van der Waals surface area contributed by atoms with Crippen LogP contribution in [0.15, 0.2) is 6.07 Å². The van der Waals surface area contributed by atoms with E-state index in [4.69, 9.17) is 0 Å². The van der Waals surface area contributed by atoms with E-state index in [1.54, 1.807) is 4.72 Å². The molecule has 0 aromatic heterocycles. The van der Waals surface area contributed by atoms with Crippen LogP contribution >= 0.6 is 0 Å². The number of carbonyl (C=O) groups is 1. The third-order valence-corrected chi connectivity index (χ3v) is 5.98. The number of carbonyl (C=O) groups excluding carboxylic acids is 1. The number of phenolic OH excluding ortho intramolecular Hbond substituents is 1. The summed E-state index contributed by atoms with van der Waals surface area (Å²) >= 11 is 0. The van der Waals surface area contributed by atoms with Gasteiger partial charge in [-0.15, -0.1) is 0 Å². The van der Waals surface area contributed by atoms with E-state index in [0.29, 0.717) is 34.2 Å². The van der Waals surface area contributed by atoms with Crippen molar-refractivity contribution in [2.75, 3.05) is 24.4 Å². The largest absolute Gasteiger partial charge is 0.506 e. The van der Waals surface area contributed by atoms with Crippen LogP contribution in [-0.2, 0) is 27.8 Å². The summed E-state index contributed by atoms with van der Waals surface area (Å²) in [6.45, 7) is 0.293. The van der Waals surface area contributed by atoms with Gasteiger partial charge in [-0.1, -0.05) is 0 Å². The maximum Gasteiger partial charge on any atom is 0.326 e. The highest BCUT2D eigenvalue weighted by Crippen LogP contribution is 2.39. The van der Waals surface area contributed by atoms with Crippen molar-refractivity contribution in [3.05, 3.63) is 23.0 Å². The molecule has 1 aliphatic carbocycles. The molecular formula is C15H20FN3O4S. The van der Waals surface area contributed by atoms with Crippen molar-refractivity contribution < 1.29 is 22.7 Å². The number of phenols is 1. The lowest BCUT2D eigenvalue weighted by atomic mass is 10.00. The Morgan fingerprint density at radius 2 is 2.12 bits per heavy atom. The van der Waals surface area contributed by atoms with Gasteiger partial charge in [-0.25, -0.2) is 13.4 Å². The van der Waals surface area contributed by atoms with Crippen LogP contribution in [0.3, 0.4) is 0 Å². The van der Waals surface area contributed by atoms with Crippen molar-refractivity contribution in [3.8, 4) is 5.75 Å². The molecule has 3 N–H and O–H groups in total. The Morgan fingerprint density at radius 1 is 1.42 bits per heavy atom. The number of hydrogen-bond acceptors (Lipinski definition) is 5. The molecule has 24 heavy (non-hydrogen) atoms. The standard InChI is InChI=1S/C15H20FN3O4S/c1-17-7-9-2-4-10-6-12(20)15(14(16)11(10)5-3-9)19-8-13(21)18-24(19,22)23/h6,9,17,20H,2-5,7-8H2,1H3,(H,18,21)/t9-/m0/s1. The third-order valence-electron chi connectivity index (χ3n) is 4.60. The van der Waals surface area contributed by atoms with Crippen molar-refractivity contribution >= 4 is 21.8 Å². The second-order valence-corrected chi connectivity index (χ2v) is 7.83. The van der Waals surface area contributed by atoms with Crippen LogP contribution in [0.1, 0.15) is 24.0 Å². The first-order valence-electron chi connectivity index (χ1n) is 7.84. The minimum absolute atomic E-state index is 0.395. The molecule has 9 heteroatoms. The summed E-state index contributed by atoms with van der Waals surface area (Å²) in [4.78, 5) is 11.4. The second kappa shape index (κ2) is 6.21. The lowest BCUT2D eigenvalue weighted by Gasteiger charge is -2.20. The molecule has 1 aromatic rings. The number of aryl methyl sites for hydroxylation is 1. The molecule has 1 heterocycles. The summed E-state index contributed by atoms with van der Waals surface area (Å²) in [7, 11) is -2.30. The summed E-state index contributed by atoms with van der Waals surface area (Å²) in [5.74, 6) is -1.57. The van der Waals surface area contributed by atoms with Crippen molar-refractivity contribution in [2.45, 2.75) is 25.7 Å². The SMILES string of the molecule is CNC[C@H]1CCc2cc(O)c(N3CC(=O)NS3(=O)=O)c(F)c2CC1. The van der Waals surface area contributed by atoms with Crippen LogP contribution in [0.4, 0.5) is 10.1 Å². The predicted molar refractivity (Wildman–Crippen MR) is 86.5 cm³/mol. The number of aromatic hydroxyl groups is 1. The normalized spacial score (nSPS) is 22.8. The molecule has 1 aromatic carbocycles. The van der Waals surface area contributed by atoms with Gasteiger partial charge in [0.15, 0.2) is 5.82 Å². The minimum Gasteiger partial charge on any atom is -0.506 e. The molecule has 0 radical (unpaired) electrons. The van der Waals surface area contributed by atoms with Crippen molar-refractivity contribution in [1.29, 1.82) is 0 Å². The van der Waals surface area contributed by atoms with Gasteiger partial charge in [-0.2, -0.15) is 8.42 Å². The summed E-state index contributed by atoms with van der Waals surface area (Å²) in [6, 6.07) is 1.42.